The summed E-state index contributed by atoms with van der Waals surface area (Å²) < 4.78 is 33.0. The number of aliphatic hydroxyl groups is 3. The third-order valence-electron chi connectivity index (χ3n) is 4.30. The third kappa shape index (κ3) is 3.79. The van der Waals surface area contributed by atoms with Crippen LogP contribution in [0.4, 0.5) is 0 Å². The van der Waals surface area contributed by atoms with Gasteiger partial charge >= 0.3 is 0 Å². The van der Waals surface area contributed by atoms with Crippen molar-refractivity contribution in [3.05, 3.63) is 28.8 Å². The van der Waals surface area contributed by atoms with Crippen LogP contribution in [0.15, 0.2) is 17.0 Å². The van der Waals surface area contributed by atoms with E-state index in [1.165, 1.54) is 0 Å². The number of aryl methyl sites for hydroxylation is 3. The normalized spacial score (nSPS) is 31.2. The number of aliphatic hydroxyl groups excluding tert-OH is 3. The van der Waals surface area contributed by atoms with Crippen LogP contribution in [-0.4, -0.2) is 60.8 Å². The standard InChI is InChI=1S/C16H25NO6S/c1-8-5-9(2)16(10(3)6-8)24(21,22)17-7-12-14(19)15(20)13(18)11(4)23-12/h5-6,11-15,17-20H,7H2,1-4H3. The first kappa shape index (κ1) is 19.3. The second-order valence-electron chi connectivity index (χ2n) is 6.43. The van der Waals surface area contributed by atoms with Gasteiger partial charge in [0.15, 0.2) is 0 Å². The molecular weight excluding hydrogens is 334 g/mol. The molecule has 1 fully saturated rings. The Morgan fingerprint density at radius 1 is 1.04 bits per heavy atom. The maximum Gasteiger partial charge on any atom is 0.241 e. The Morgan fingerprint density at radius 2 is 1.58 bits per heavy atom. The van der Waals surface area contributed by atoms with Gasteiger partial charge in [0.25, 0.3) is 0 Å². The van der Waals surface area contributed by atoms with Crippen molar-refractivity contribution in [2.24, 2.45) is 0 Å². The van der Waals surface area contributed by atoms with Crippen LogP contribution in [-0.2, 0) is 14.8 Å². The van der Waals surface area contributed by atoms with E-state index >= 15 is 0 Å². The van der Waals surface area contributed by atoms with E-state index in [2.05, 4.69) is 4.72 Å². The SMILES string of the molecule is Cc1cc(C)c(S(=O)(=O)NCC2OC(C)C(O)C(O)C2O)c(C)c1. The summed E-state index contributed by atoms with van der Waals surface area (Å²) in [6, 6.07) is 3.57. The van der Waals surface area contributed by atoms with E-state index in [0.29, 0.717) is 11.1 Å². The predicted molar refractivity (Wildman–Crippen MR) is 88.2 cm³/mol. The number of ether oxygens (including phenoxy) is 1. The van der Waals surface area contributed by atoms with Crippen LogP contribution < -0.4 is 4.72 Å². The molecule has 24 heavy (non-hydrogen) atoms. The summed E-state index contributed by atoms with van der Waals surface area (Å²) in [6.45, 7) is 6.69. The molecule has 1 saturated heterocycles. The number of hydrogen-bond acceptors (Lipinski definition) is 6. The molecule has 0 amide bonds. The molecule has 1 aliphatic rings. The minimum atomic E-state index is -3.79. The zero-order valence-electron chi connectivity index (χ0n) is 14.2. The molecule has 5 unspecified atom stereocenters. The van der Waals surface area contributed by atoms with Crippen molar-refractivity contribution in [1.29, 1.82) is 0 Å². The topological polar surface area (TPSA) is 116 Å². The number of nitrogens with one attached hydrogen (secondary N) is 1. The number of rotatable bonds is 4. The quantitative estimate of drug-likeness (QED) is 0.590. The van der Waals surface area contributed by atoms with Crippen molar-refractivity contribution in [2.45, 2.75) is 63.1 Å². The monoisotopic (exact) mass is 359 g/mol. The average Bonchev–Trinajstić information content (AvgIpc) is 2.46. The summed E-state index contributed by atoms with van der Waals surface area (Å²) in [7, 11) is -3.79. The Balaban J connectivity index is 2.17. The van der Waals surface area contributed by atoms with Crippen LogP contribution in [0.5, 0.6) is 0 Å². The number of sulfonamides is 1. The zero-order valence-corrected chi connectivity index (χ0v) is 15.0. The molecule has 0 aliphatic carbocycles. The van der Waals surface area contributed by atoms with E-state index in [1.807, 2.05) is 6.92 Å². The Bertz CT molecular complexity index is 682. The lowest BCUT2D eigenvalue weighted by Gasteiger charge is -2.39. The van der Waals surface area contributed by atoms with Crippen molar-refractivity contribution in [2.75, 3.05) is 6.54 Å². The van der Waals surface area contributed by atoms with Gasteiger partial charge in [-0.05, 0) is 38.8 Å². The first-order valence-electron chi connectivity index (χ1n) is 7.81. The Hall–Kier alpha value is -1.03. The van der Waals surface area contributed by atoms with E-state index in [9.17, 15) is 23.7 Å². The van der Waals surface area contributed by atoms with Gasteiger partial charge in [-0.1, -0.05) is 17.7 Å². The van der Waals surface area contributed by atoms with Gasteiger partial charge in [-0.2, -0.15) is 0 Å². The number of hydrogen-bond donors (Lipinski definition) is 4. The molecule has 1 aliphatic heterocycles. The van der Waals surface area contributed by atoms with Crippen LogP contribution in [0.25, 0.3) is 0 Å². The third-order valence-corrected chi connectivity index (χ3v) is 6.03. The molecule has 0 radical (unpaired) electrons. The van der Waals surface area contributed by atoms with Crippen molar-refractivity contribution < 1.29 is 28.5 Å². The van der Waals surface area contributed by atoms with Crippen molar-refractivity contribution in [3.8, 4) is 0 Å². The molecule has 7 nitrogen and oxygen atoms in total. The maximum absolute atomic E-state index is 12.6. The van der Waals surface area contributed by atoms with Crippen LogP contribution in [0.3, 0.4) is 0 Å². The fourth-order valence-electron chi connectivity index (χ4n) is 3.16. The molecule has 1 heterocycles. The second-order valence-corrected chi connectivity index (χ2v) is 8.13. The maximum atomic E-state index is 12.6. The van der Waals surface area contributed by atoms with Gasteiger partial charge in [-0.25, -0.2) is 13.1 Å². The van der Waals surface area contributed by atoms with Crippen LogP contribution in [0.2, 0.25) is 0 Å². The van der Waals surface area contributed by atoms with E-state index in [4.69, 9.17) is 4.74 Å². The highest BCUT2D eigenvalue weighted by Gasteiger charge is 2.42. The van der Waals surface area contributed by atoms with Crippen molar-refractivity contribution in [1.82, 2.24) is 4.72 Å². The lowest BCUT2D eigenvalue weighted by molar-refractivity contribution is -0.214. The van der Waals surface area contributed by atoms with Crippen LogP contribution >= 0.6 is 0 Å². The average molecular weight is 359 g/mol. The molecule has 8 heteroatoms. The van der Waals surface area contributed by atoms with E-state index in [0.717, 1.165) is 5.56 Å². The van der Waals surface area contributed by atoms with Crippen LogP contribution in [0.1, 0.15) is 23.6 Å². The molecule has 136 valence electrons. The molecule has 0 aromatic heterocycles. The molecule has 1 aromatic rings. The van der Waals surface area contributed by atoms with E-state index < -0.39 is 40.5 Å². The molecule has 0 spiro atoms. The van der Waals surface area contributed by atoms with Crippen molar-refractivity contribution in [3.63, 3.8) is 0 Å². The molecule has 4 N–H and O–H groups in total. The fraction of sp³-hybridized carbons (Fsp3) is 0.625. The summed E-state index contributed by atoms with van der Waals surface area (Å²) in [5, 5.41) is 29.4. The molecule has 0 bridgehead atoms. The summed E-state index contributed by atoms with van der Waals surface area (Å²) in [5.74, 6) is 0. The molecular formula is C16H25NO6S. The lowest BCUT2D eigenvalue weighted by Crippen LogP contribution is -2.59. The highest BCUT2D eigenvalue weighted by atomic mass is 32.2. The molecule has 5 atom stereocenters. The summed E-state index contributed by atoms with van der Waals surface area (Å²) >= 11 is 0. The minimum absolute atomic E-state index is 0.201. The Kier molecular flexibility index (Phi) is 5.68. The summed E-state index contributed by atoms with van der Waals surface area (Å²) in [6.07, 6.45) is -5.63. The summed E-state index contributed by atoms with van der Waals surface area (Å²) in [5.41, 5.74) is 2.24. The smallest absolute Gasteiger partial charge is 0.241 e. The summed E-state index contributed by atoms with van der Waals surface area (Å²) in [4.78, 5) is 0.201. The van der Waals surface area contributed by atoms with Crippen molar-refractivity contribution >= 4 is 10.0 Å². The van der Waals surface area contributed by atoms with E-state index in [1.54, 1.807) is 32.9 Å². The second kappa shape index (κ2) is 7.07. The first-order chi connectivity index (χ1) is 11.0. The Labute approximate surface area is 142 Å². The molecule has 0 saturated carbocycles. The van der Waals surface area contributed by atoms with Gasteiger partial charge in [0.05, 0.1) is 11.0 Å². The van der Waals surface area contributed by atoms with Gasteiger partial charge < -0.3 is 20.1 Å². The highest BCUT2D eigenvalue weighted by Crippen LogP contribution is 2.23. The van der Waals surface area contributed by atoms with Gasteiger partial charge in [-0.15, -0.1) is 0 Å². The minimum Gasteiger partial charge on any atom is -0.388 e. The van der Waals surface area contributed by atoms with Crippen LogP contribution in [0, 0.1) is 20.8 Å². The highest BCUT2D eigenvalue weighted by molar-refractivity contribution is 7.89. The zero-order chi connectivity index (χ0) is 18.2. The molecule has 1 aromatic carbocycles. The van der Waals surface area contributed by atoms with Gasteiger partial charge in [-0.3, -0.25) is 0 Å². The largest absolute Gasteiger partial charge is 0.388 e. The first-order valence-corrected chi connectivity index (χ1v) is 9.30. The van der Waals surface area contributed by atoms with Gasteiger partial charge in [0, 0.05) is 6.54 Å². The number of benzene rings is 1. The molecule has 2 rings (SSSR count). The van der Waals surface area contributed by atoms with E-state index in [-0.39, 0.29) is 11.4 Å². The van der Waals surface area contributed by atoms with Gasteiger partial charge in [0.2, 0.25) is 10.0 Å². The van der Waals surface area contributed by atoms with Gasteiger partial charge in [0.1, 0.15) is 24.4 Å². The Morgan fingerprint density at radius 3 is 2.12 bits per heavy atom. The lowest BCUT2D eigenvalue weighted by atomic mass is 9.96. The predicted octanol–water partition coefficient (Wildman–Crippen LogP) is -0.240. The fourth-order valence-corrected chi connectivity index (χ4v) is 4.65.